The lowest BCUT2D eigenvalue weighted by Gasteiger charge is -2.15. The number of allylic oxidation sites excluding steroid dienone is 2. The minimum atomic E-state index is -4.95. The summed E-state index contributed by atoms with van der Waals surface area (Å²) in [5, 5.41) is 0. The van der Waals surface area contributed by atoms with Crippen LogP contribution in [-0.4, -0.2) is 21.2 Å². The zero-order chi connectivity index (χ0) is 18.2. The van der Waals surface area contributed by atoms with Crippen molar-refractivity contribution in [2.75, 3.05) is 6.61 Å². The van der Waals surface area contributed by atoms with E-state index in [0.29, 0.717) is 12.8 Å². The summed E-state index contributed by atoms with van der Waals surface area (Å²) in [5.74, 6) is 3.12. The molecule has 0 saturated heterocycles. The van der Waals surface area contributed by atoms with Gasteiger partial charge in [0.2, 0.25) is 15.6 Å². The molecular formula is C17H19F3O3S. The van der Waals surface area contributed by atoms with E-state index in [4.69, 9.17) is 0 Å². The van der Waals surface area contributed by atoms with E-state index < -0.39 is 26.7 Å². The van der Waals surface area contributed by atoms with Gasteiger partial charge in [0.1, 0.15) is 0 Å². The van der Waals surface area contributed by atoms with Gasteiger partial charge >= 0.3 is 6.18 Å². The molecule has 0 amide bonds. The highest BCUT2D eigenvalue weighted by atomic mass is 32.2. The van der Waals surface area contributed by atoms with Crippen molar-refractivity contribution >= 4 is 9.84 Å². The quantitative estimate of drug-likeness (QED) is 0.427. The predicted octanol–water partition coefficient (Wildman–Crippen LogP) is 4.46. The first-order chi connectivity index (χ1) is 11.2. The van der Waals surface area contributed by atoms with Crippen LogP contribution >= 0.6 is 0 Å². The number of halogens is 3. The fourth-order valence-corrected chi connectivity index (χ4v) is 3.17. The first kappa shape index (κ1) is 20.1. The molecule has 0 heterocycles. The second-order valence-electron chi connectivity index (χ2n) is 4.81. The molecule has 132 valence electrons. The van der Waals surface area contributed by atoms with Gasteiger partial charge in [-0.1, -0.05) is 43.4 Å². The number of ether oxygens (including phenoxy) is 1. The van der Waals surface area contributed by atoms with Crippen molar-refractivity contribution in [2.45, 2.75) is 44.2 Å². The molecule has 0 aliphatic carbocycles. The third kappa shape index (κ3) is 5.31. The summed E-state index contributed by atoms with van der Waals surface area (Å²) in [7, 11) is -4.43. The largest absolute Gasteiger partial charge is 0.488 e. The Kier molecular flexibility index (Phi) is 7.36. The summed E-state index contributed by atoms with van der Waals surface area (Å²) in [4.78, 5) is -1.30. The van der Waals surface area contributed by atoms with E-state index in [2.05, 4.69) is 16.6 Å². The molecule has 0 unspecified atom stereocenters. The van der Waals surface area contributed by atoms with E-state index in [1.807, 2.05) is 6.92 Å². The third-order valence-electron chi connectivity index (χ3n) is 2.93. The fraction of sp³-hybridized carbons (Fsp3) is 0.412. The van der Waals surface area contributed by atoms with Crippen molar-refractivity contribution < 1.29 is 26.3 Å². The molecule has 24 heavy (non-hydrogen) atoms. The Hall–Kier alpha value is -1.94. The molecule has 0 bridgehead atoms. The molecule has 0 aliphatic rings. The zero-order valence-corrected chi connectivity index (χ0v) is 14.3. The highest BCUT2D eigenvalue weighted by Crippen LogP contribution is 2.33. The van der Waals surface area contributed by atoms with Gasteiger partial charge in [0.25, 0.3) is 0 Å². The van der Waals surface area contributed by atoms with Gasteiger partial charge in [0, 0.05) is 6.42 Å². The van der Waals surface area contributed by atoms with Crippen LogP contribution < -0.4 is 0 Å². The number of unbranched alkanes of at least 4 members (excludes halogenated alkanes) is 2. The number of alkyl halides is 3. The van der Waals surface area contributed by atoms with Crippen molar-refractivity contribution in [3.8, 4) is 11.8 Å². The van der Waals surface area contributed by atoms with Gasteiger partial charge in [-0.3, -0.25) is 0 Å². The van der Waals surface area contributed by atoms with Crippen LogP contribution in [0.25, 0.3) is 0 Å². The number of rotatable bonds is 6. The molecule has 1 rings (SSSR count). The van der Waals surface area contributed by atoms with Crippen molar-refractivity contribution in [1.29, 1.82) is 0 Å². The molecule has 1 aromatic carbocycles. The Labute approximate surface area is 140 Å². The van der Waals surface area contributed by atoms with Gasteiger partial charge in [0.15, 0.2) is 4.91 Å². The van der Waals surface area contributed by atoms with Gasteiger partial charge in [0.05, 0.1) is 11.5 Å². The van der Waals surface area contributed by atoms with Crippen LogP contribution in [0.15, 0.2) is 45.9 Å². The first-order valence-corrected chi connectivity index (χ1v) is 8.96. The minimum Gasteiger partial charge on any atom is -0.488 e. The van der Waals surface area contributed by atoms with Crippen LogP contribution in [0, 0.1) is 11.8 Å². The van der Waals surface area contributed by atoms with Crippen LogP contribution in [-0.2, 0) is 14.6 Å². The lowest BCUT2D eigenvalue weighted by Crippen LogP contribution is -2.20. The fourth-order valence-electron chi connectivity index (χ4n) is 1.79. The molecule has 0 radical (unpaired) electrons. The Morgan fingerprint density at radius 3 is 2.29 bits per heavy atom. The molecule has 0 saturated carbocycles. The maximum atomic E-state index is 13.3. The van der Waals surface area contributed by atoms with Crippen molar-refractivity contribution in [1.82, 2.24) is 0 Å². The number of hydrogen-bond acceptors (Lipinski definition) is 3. The summed E-state index contributed by atoms with van der Waals surface area (Å²) in [6.45, 7) is 2.93. The summed E-state index contributed by atoms with van der Waals surface area (Å²) in [5.41, 5.74) is 0. The standard InChI is InChI=1S/C17H19F3O3S/c1-3-5-6-10-13-15(16(23-4-2)17(18,19)20)24(21,22)14-11-8-7-9-12-14/h7-9,11-12H,3-6H2,1-2H3/b16-15-. The van der Waals surface area contributed by atoms with E-state index in [-0.39, 0.29) is 11.5 Å². The number of hydrogen-bond donors (Lipinski definition) is 0. The van der Waals surface area contributed by atoms with Gasteiger partial charge in [-0.05, 0) is 25.5 Å². The predicted molar refractivity (Wildman–Crippen MR) is 85.6 cm³/mol. The molecule has 0 aliphatic heterocycles. The summed E-state index contributed by atoms with van der Waals surface area (Å²) in [6.07, 6.45) is -3.17. The van der Waals surface area contributed by atoms with Gasteiger partial charge in [-0.25, -0.2) is 8.42 Å². The molecule has 0 spiro atoms. The summed E-state index contributed by atoms with van der Waals surface area (Å²) < 4.78 is 69.6. The van der Waals surface area contributed by atoms with E-state index in [9.17, 15) is 21.6 Å². The smallest absolute Gasteiger partial charge is 0.451 e. The maximum Gasteiger partial charge on any atom is 0.451 e. The molecule has 7 heteroatoms. The van der Waals surface area contributed by atoms with E-state index in [1.165, 1.54) is 31.2 Å². The minimum absolute atomic E-state index is 0.258. The lowest BCUT2D eigenvalue weighted by molar-refractivity contribution is -0.130. The topological polar surface area (TPSA) is 43.4 Å². The second-order valence-corrected chi connectivity index (χ2v) is 6.70. The van der Waals surface area contributed by atoms with Gasteiger partial charge < -0.3 is 4.74 Å². The van der Waals surface area contributed by atoms with Crippen LogP contribution in [0.1, 0.15) is 33.1 Å². The van der Waals surface area contributed by atoms with Crippen molar-refractivity contribution in [2.24, 2.45) is 0 Å². The SMILES string of the molecule is CCCCC#C/C(=C(/OCC)C(F)(F)F)S(=O)(=O)c1ccccc1. The van der Waals surface area contributed by atoms with E-state index in [1.54, 1.807) is 6.07 Å². The van der Waals surface area contributed by atoms with Gasteiger partial charge in [-0.2, -0.15) is 13.2 Å². The highest BCUT2D eigenvalue weighted by Gasteiger charge is 2.42. The molecule has 1 aromatic rings. The third-order valence-corrected chi connectivity index (χ3v) is 4.65. The van der Waals surface area contributed by atoms with Gasteiger partial charge in [-0.15, -0.1) is 0 Å². The maximum absolute atomic E-state index is 13.3. The normalized spacial score (nSPS) is 12.9. The van der Waals surface area contributed by atoms with Crippen LogP contribution in [0.4, 0.5) is 13.2 Å². The molecule has 0 N–H and O–H groups in total. The zero-order valence-electron chi connectivity index (χ0n) is 13.5. The highest BCUT2D eigenvalue weighted by molar-refractivity contribution is 7.95. The monoisotopic (exact) mass is 360 g/mol. The molecule has 0 atom stereocenters. The van der Waals surface area contributed by atoms with Crippen LogP contribution in [0.5, 0.6) is 0 Å². The van der Waals surface area contributed by atoms with Crippen LogP contribution in [0.2, 0.25) is 0 Å². The lowest BCUT2D eigenvalue weighted by atomic mass is 10.2. The second kappa shape index (κ2) is 8.78. The average Bonchev–Trinajstić information content (AvgIpc) is 2.53. The van der Waals surface area contributed by atoms with Crippen molar-refractivity contribution in [3.05, 3.63) is 41.0 Å². The van der Waals surface area contributed by atoms with E-state index >= 15 is 0 Å². The average molecular weight is 360 g/mol. The summed E-state index contributed by atoms with van der Waals surface area (Å²) in [6, 6.07) is 6.89. The summed E-state index contributed by atoms with van der Waals surface area (Å²) >= 11 is 0. The molecule has 3 nitrogen and oxygen atoms in total. The van der Waals surface area contributed by atoms with Crippen LogP contribution in [0.3, 0.4) is 0 Å². The molecular weight excluding hydrogens is 341 g/mol. The molecule has 0 fully saturated rings. The number of benzene rings is 1. The number of sulfone groups is 1. The Balaban J connectivity index is 3.55. The first-order valence-electron chi connectivity index (χ1n) is 7.48. The Morgan fingerprint density at radius 2 is 1.79 bits per heavy atom. The Morgan fingerprint density at radius 1 is 1.17 bits per heavy atom. The van der Waals surface area contributed by atoms with E-state index in [0.717, 1.165) is 6.42 Å². The molecule has 0 aromatic heterocycles. The Bertz CT molecular complexity index is 724. The van der Waals surface area contributed by atoms with Crippen molar-refractivity contribution in [3.63, 3.8) is 0 Å².